The highest BCUT2D eigenvalue weighted by Crippen LogP contribution is 2.23. The number of hydrogen-bond acceptors (Lipinski definition) is 3. The van der Waals surface area contributed by atoms with Gasteiger partial charge in [0.2, 0.25) is 0 Å². The van der Waals surface area contributed by atoms with E-state index in [0.29, 0.717) is 13.0 Å². The molecular formula is C17H17NO2. The molecule has 0 amide bonds. The molecule has 0 saturated carbocycles. The van der Waals surface area contributed by atoms with Crippen LogP contribution in [-0.2, 0) is 16.0 Å². The lowest BCUT2D eigenvalue weighted by atomic mass is 9.93. The van der Waals surface area contributed by atoms with E-state index in [2.05, 4.69) is 6.07 Å². The van der Waals surface area contributed by atoms with Gasteiger partial charge in [-0.15, -0.1) is 0 Å². The molecule has 102 valence electrons. The molecule has 0 aliphatic heterocycles. The average Bonchev–Trinajstić information content (AvgIpc) is 2.47. The van der Waals surface area contributed by atoms with E-state index >= 15 is 0 Å². The zero-order valence-corrected chi connectivity index (χ0v) is 11.5. The van der Waals surface area contributed by atoms with Crippen molar-refractivity contribution in [3.8, 4) is 6.07 Å². The standard InChI is InChI=1S/C17H17NO2/c1-2-20-17(19)15(10-11-18)12-14-8-5-7-13-6-3-4-9-16(13)14/h3-9,15H,2,10,12H2,1H3. The number of carbonyl (C=O) groups is 1. The van der Waals surface area contributed by atoms with E-state index in [4.69, 9.17) is 10.00 Å². The van der Waals surface area contributed by atoms with Crippen LogP contribution in [0.25, 0.3) is 10.8 Å². The van der Waals surface area contributed by atoms with Gasteiger partial charge in [0.15, 0.2) is 0 Å². The zero-order chi connectivity index (χ0) is 14.4. The lowest BCUT2D eigenvalue weighted by Gasteiger charge is -2.14. The number of ether oxygens (including phenoxy) is 1. The summed E-state index contributed by atoms with van der Waals surface area (Å²) in [7, 11) is 0. The Hall–Kier alpha value is -2.34. The van der Waals surface area contributed by atoms with Crippen LogP contribution >= 0.6 is 0 Å². The molecule has 20 heavy (non-hydrogen) atoms. The molecule has 0 aliphatic carbocycles. The number of rotatable bonds is 5. The first-order chi connectivity index (χ1) is 9.76. The Morgan fingerprint density at radius 1 is 1.25 bits per heavy atom. The second-order valence-electron chi connectivity index (χ2n) is 4.65. The summed E-state index contributed by atoms with van der Waals surface area (Å²) in [4.78, 5) is 11.9. The molecule has 0 radical (unpaired) electrons. The zero-order valence-electron chi connectivity index (χ0n) is 11.5. The van der Waals surface area contributed by atoms with Crippen molar-refractivity contribution in [3.63, 3.8) is 0 Å². The van der Waals surface area contributed by atoms with Gasteiger partial charge in [-0.05, 0) is 29.7 Å². The number of fused-ring (bicyclic) bond motifs is 1. The summed E-state index contributed by atoms with van der Waals surface area (Å²) in [5.74, 6) is -0.687. The van der Waals surface area contributed by atoms with Gasteiger partial charge in [0, 0.05) is 6.42 Å². The second-order valence-corrected chi connectivity index (χ2v) is 4.65. The fourth-order valence-corrected chi connectivity index (χ4v) is 2.35. The minimum absolute atomic E-state index is 0.183. The maximum absolute atomic E-state index is 11.9. The number of carbonyl (C=O) groups excluding carboxylic acids is 1. The lowest BCUT2D eigenvalue weighted by Crippen LogP contribution is -2.19. The summed E-state index contributed by atoms with van der Waals surface area (Å²) >= 11 is 0. The summed E-state index contributed by atoms with van der Waals surface area (Å²) in [6.45, 7) is 2.12. The molecule has 0 fully saturated rings. The molecule has 2 rings (SSSR count). The van der Waals surface area contributed by atoms with Crippen molar-refractivity contribution in [2.24, 2.45) is 5.92 Å². The van der Waals surface area contributed by atoms with Gasteiger partial charge in [0.05, 0.1) is 18.6 Å². The molecule has 0 aliphatic rings. The Bertz CT molecular complexity index is 637. The van der Waals surface area contributed by atoms with Crippen molar-refractivity contribution in [1.29, 1.82) is 5.26 Å². The van der Waals surface area contributed by atoms with Gasteiger partial charge >= 0.3 is 5.97 Å². The van der Waals surface area contributed by atoms with Gasteiger partial charge in [-0.3, -0.25) is 4.79 Å². The molecule has 0 aromatic heterocycles. The van der Waals surface area contributed by atoms with E-state index in [1.165, 1.54) is 0 Å². The molecule has 2 aromatic rings. The van der Waals surface area contributed by atoms with E-state index < -0.39 is 5.92 Å². The third-order valence-corrected chi connectivity index (χ3v) is 3.30. The molecule has 3 nitrogen and oxygen atoms in total. The first-order valence-corrected chi connectivity index (χ1v) is 6.76. The molecule has 3 heteroatoms. The monoisotopic (exact) mass is 267 g/mol. The summed E-state index contributed by atoms with van der Waals surface area (Å²) in [6.07, 6.45) is 0.718. The first kappa shape index (κ1) is 14.1. The van der Waals surface area contributed by atoms with Gasteiger partial charge in [0.1, 0.15) is 0 Å². The molecule has 0 bridgehead atoms. The van der Waals surface area contributed by atoms with E-state index in [1.54, 1.807) is 6.92 Å². The van der Waals surface area contributed by atoms with E-state index in [-0.39, 0.29) is 12.4 Å². The molecule has 0 spiro atoms. The number of benzene rings is 2. The normalized spacial score (nSPS) is 11.8. The van der Waals surface area contributed by atoms with Crippen LogP contribution in [0.3, 0.4) is 0 Å². The van der Waals surface area contributed by atoms with Crippen molar-refractivity contribution >= 4 is 16.7 Å². The first-order valence-electron chi connectivity index (χ1n) is 6.76. The average molecular weight is 267 g/mol. The van der Waals surface area contributed by atoms with Gasteiger partial charge < -0.3 is 4.74 Å². The molecule has 1 atom stereocenters. The van der Waals surface area contributed by atoms with Crippen molar-refractivity contribution < 1.29 is 9.53 Å². The Morgan fingerprint density at radius 2 is 2.00 bits per heavy atom. The van der Waals surface area contributed by atoms with Crippen LogP contribution in [-0.4, -0.2) is 12.6 Å². The topological polar surface area (TPSA) is 50.1 Å². The predicted molar refractivity (Wildman–Crippen MR) is 78.0 cm³/mol. The Labute approximate surface area is 118 Å². The molecule has 0 saturated heterocycles. The van der Waals surface area contributed by atoms with Crippen molar-refractivity contribution in [2.75, 3.05) is 6.61 Å². The van der Waals surface area contributed by atoms with E-state index in [9.17, 15) is 4.79 Å². The largest absolute Gasteiger partial charge is 0.466 e. The van der Waals surface area contributed by atoms with Gasteiger partial charge in [-0.25, -0.2) is 0 Å². The minimum atomic E-state index is -0.397. The summed E-state index contributed by atoms with van der Waals surface area (Å²) < 4.78 is 5.05. The Morgan fingerprint density at radius 3 is 2.75 bits per heavy atom. The fraction of sp³-hybridized carbons (Fsp3) is 0.294. The molecule has 0 N–H and O–H groups in total. The second kappa shape index (κ2) is 6.72. The number of nitrogens with zero attached hydrogens (tertiary/aromatic N) is 1. The number of esters is 1. The summed E-state index contributed by atoms with van der Waals surface area (Å²) in [6, 6.07) is 16.2. The highest BCUT2D eigenvalue weighted by Gasteiger charge is 2.20. The van der Waals surface area contributed by atoms with Crippen LogP contribution in [0, 0.1) is 17.2 Å². The van der Waals surface area contributed by atoms with E-state index in [0.717, 1.165) is 16.3 Å². The Kier molecular flexibility index (Phi) is 4.73. The molecule has 1 unspecified atom stereocenters. The highest BCUT2D eigenvalue weighted by atomic mass is 16.5. The quantitative estimate of drug-likeness (QED) is 0.779. The Balaban J connectivity index is 2.29. The summed E-state index contributed by atoms with van der Waals surface area (Å²) in [5.41, 5.74) is 1.08. The van der Waals surface area contributed by atoms with Crippen LogP contribution in [0.4, 0.5) is 0 Å². The predicted octanol–water partition coefficient (Wildman–Crippen LogP) is 3.48. The molecular weight excluding hydrogens is 250 g/mol. The fourth-order valence-electron chi connectivity index (χ4n) is 2.35. The van der Waals surface area contributed by atoms with Crippen molar-refractivity contribution in [3.05, 3.63) is 48.0 Å². The number of nitriles is 1. The third-order valence-electron chi connectivity index (χ3n) is 3.30. The van der Waals surface area contributed by atoms with Crippen LogP contribution in [0.1, 0.15) is 18.9 Å². The molecule has 2 aromatic carbocycles. The van der Waals surface area contributed by atoms with Crippen LogP contribution in [0.5, 0.6) is 0 Å². The van der Waals surface area contributed by atoms with E-state index in [1.807, 2.05) is 42.5 Å². The number of hydrogen-bond donors (Lipinski definition) is 0. The smallest absolute Gasteiger partial charge is 0.310 e. The SMILES string of the molecule is CCOC(=O)C(CC#N)Cc1cccc2ccccc12. The maximum atomic E-state index is 11.9. The third kappa shape index (κ3) is 3.16. The van der Waals surface area contributed by atoms with Crippen molar-refractivity contribution in [1.82, 2.24) is 0 Å². The lowest BCUT2D eigenvalue weighted by molar-refractivity contribution is -0.147. The molecule has 0 heterocycles. The van der Waals surface area contributed by atoms with Crippen LogP contribution in [0.2, 0.25) is 0 Å². The van der Waals surface area contributed by atoms with Crippen LogP contribution in [0.15, 0.2) is 42.5 Å². The van der Waals surface area contributed by atoms with Gasteiger partial charge in [-0.2, -0.15) is 5.26 Å². The van der Waals surface area contributed by atoms with Gasteiger partial charge in [-0.1, -0.05) is 42.5 Å². The maximum Gasteiger partial charge on any atom is 0.310 e. The van der Waals surface area contributed by atoms with Crippen LogP contribution < -0.4 is 0 Å². The highest BCUT2D eigenvalue weighted by molar-refractivity contribution is 5.86. The van der Waals surface area contributed by atoms with Crippen molar-refractivity contribution in [2.45, 2.75) is 19.8 Å². The van der Waals surface area contributed by atoms with Gasteiger partial charge in [0.25, 0.3) is 0 Å². The minimum Gasteiger partial charge on any atom is -0.466 e. The summed E-state index contributed by atoms with van der Waals surface area (Å²) in [5, 5.41) is 11.2.